The van der Waals surface area contributed by atoms with E-state index in [9.17, 15) is 4.79 Å². The number of carbonyl (C=O) groups is 1. The molecule has 0 radical (unpaired) electrons. The van der Waals surface area contributed by atoms with Crippen LogP contribution in [0.5, 0.6) is 0 Å². The Bertz CT molecular complexity index is 283. The van der Waals surface area contributed by atoms with Crippen molar-refractivity contribution in [3.63, 3.8) is 0 Å². The van der Waals surface area contributed by atoms with Crippen molar-refractivity contribution >= 4 is 5.91 Å². The van der Waals surface area contributed by atoms with E-state index in [1.807, 2.05) is 0 Å². The van der Waals surface area contributed by atoms with E-state index >= 15 is 0 Å². The Morgan fingerprint density at radius 3 is 2.00 bits per heavy atom. The van der Waals surface area contributed by atoms with Gasteiger partial charge in [0, 0.05) is 18.0 Å². The van der Waals surface area contributed by atoms with Crippen molar-refractivity contribution in [1.82, 2.24) is 5.32 Å². The highest BCUT2D eigenvalue weighted by Crippen LogP contribution is 2.35. The Kier molecular flexibility index (Phi) is 4.31. The summed E-state index contributed by atoms with van der Waals surface area (Å²) < 4.78 is 0. The van der Waals surface area contributed by atoms with Crippen LogP contribution in [0.15, 0.2) is 0 Å². The van der Waals surface area contributed by atoms with Crippen LogP contribution in [-0.4, -0.2) is 18.0 Å². The monoisotopic (exact) mass is 252 g/mol. The number of nitrogens with two attached hydrogens (primary N) is 1. The number of carbonyl (C=O) groups excluding carboxylic acids is 1. The van der Waals surface area contributed by atoms with E-state index in [4.69, 9.17) is 5.73 Å². The molecule has 0 aliphatic heterocycles. The first-order valence-corrected chi connectivity index (χ1v) is 7.52. The first-order valence-electron chi connectivity index (χ1n) is 7.52. The van der Waals surface area contributed by atoms with Crippen molar-refractivity contribution in [2.45, 2.75) is 77.3 Å². The quantitative estimate of drug-likeness (QED) is 0.811. The average Bonchev–Trinajstić information content (AvgIpc) is 2.33. The van der Waals surface area contributed by atoms with Gasteiger partial charge in [-0.2, -0.15) is 0 Å². The Morgan fingerprint density at radius 2 is 1.50 bits per heavy atom. The van der Waals surface area contributed by atoms with E-state index in [0.717, 1.165) is 25.7 Å². The second-order valence-electron chi connectivity index (χ2n) is 7.06. The Hall–Kier alpha value is -0.570. The lowest BCUT2D eigenvalue weighted by Gasteiger charge is -2.38. The number of hydrogen-bond acceptors (Lipinski definition) is 2. The van der Waals surface area contributed by atoms with E-state index in [0.29, 0.717) is 17.5 Å². The van der Waals surface area contributed by atoms with Crippen LogP contribution in [0.25, 0.3) is 0 Å². The molecule has 0 aromatic carbocycles. The summed E-state index contributed by atoms with van der Waals surface area (Å²) >= 11 is 0. The van der Waals surface area contributed by atoms with Gasteiger partial charge in [-0.15, -0.1) is 0 Å². The molecule has 0 heterocycles. The van der Waals surface area contributed by atoms with Crippen molar-refractivity contribution < 1.29 is 4.79 Å². The fourth-order valence-electron chi connectivity index (χ4n) is 3.44. The highest BCUT2D eigenvalue weighted by Gasteiger charge is 2.30. The minimum absolute atomic E-state index is 0.104. The molecule has 2 saturated carbocycles. The first kappa shape index (κ1) is 13.9. The topological polar surface area (TPSA) is 55.1 Å². The van der Waals surface area contributed by atoms with Gasteiger partial charge >= 0.3 is 0 Å². The van der Waals surface area contributed by atoms with Crippen LogP contribution in [-0.2, 0) is 4.79 Å². The van der Waals surface area contributed by atoms with E-state index in [-0.39, 0.29) is 11.8 Å². The van der Waals surface area contributed by atoms with E-state index in [1.165, 1.54) is 25.7 Å². The summed E-state index contributed by atoms with van der Waals surface area (Å²) in [7, 11) is 0. The summed E-state index contributed by atoms with van der Waals surface area (Å²) in [4.78, 5) is 11.1. The summed E-state index contributed by atoms with van der Waals surface area (Å²) in [6.07, 6.45) is 9.48. The molecule has 0 atom stereocenters. The van der Waals surface area contributed by atoms with Gasteiger partial charge in [0.05, 0.1) is 0 Å². The molecule has 0 aromatic rings. The van der Waals surface area contributed by atoms with Gasteiger partial charge in [-0.1, -0.05) is 13.8 Å². The maximum absolute atomic E-state index is 11.1. The predicted octanol–water partition coefficient (Wildman–Crippen LogP) is 2.59. The molecule has 0 spiro atoms. The van der Waals surface area contributed by atoms with Gasteiger partial charge in [-0.3, -0.25) is 4.79 Å². The Morgan fingerprint density at radius 1 is 1.00 bits per heavy atom. The molecule has 2 aliphatic carbocycles. The van der Waals surface area contributed by atoms with Crippen LogP contribution in [0.1, 0.15) is 65.2 Å². The molecule has 0 bridgehead atoms. The lowest BCUT2D eigenvalue weighted by atomic mass is 9.75. The van der Waals surface area contributed by atoms with Crippen LogP contribution < -0.4 is 11.1 Å². The molecule has 2 aliphatic rings. The average molecular weight is 252 g/mol. The number of primary amides is 1. The lowest BCUT2D eigenvalue weighted by Crippen LogP contribution is -2.44. The van der Waals surface area contributed by atoms with E-state index < -0.39 is 0 Å². The highest BCUT2D eigenvalue weighted by molar-refractivity contribution is 5.76. The van der Waals surface area contributed by atoms with Crippen LogP contribution >= 0.6 is 0 Å². The molecular formula is C15H28N2O. The highest BCUT2D eigenvalue weighted by atomic mass is 16.1. The standard InChI is InChI=1S/C15H28N2O/c1-15(2)9-7-13(8-10-15)17-12-5-3-11(4-6-12)14(16)18/h11-13,17H,3-10H2,1-2H3,(H2,16,18). The molecule has 3 heteroatoms. The minimum Gasteiger partial charge on any atom is -0.369 e. The zero-order valence-electron chi connectivity index (χ0n) is 11.9. The van der Waals surface area contributed by atoms with Crippen molar-refractivity contribution in [2.75, 3.05) is 0 Å². The minimum atomic E-state index is -0.104. The van der Waals surface area contributed by atoms with Gasteiger partial charge in [-0.25, -0.2) is 0 Å². The molecule has 0 unspecified atom stereocenters. The van der Waals surface area contributed by atoms with Crippen molar-refractivity contribution in [3.05, 3.63) is 0 Å². The Balaban J connectivity index is 1.71. The molecule has 104 valence electrons. The predicted molar refractivity (Wildman–Crippen MR) is 74.1 cm³/mol. The summed E-state index contributed by atoms with van der Waals surface area (Å²) in [5.74, 6) is 0.0289. The van der Waals surface area contributed by atoms with Gasteiger partial charge in [0.1, 0.15) is 0 Å². The van der Waals surface area contributed by atoms with E-state index in [1.54, 1.807) is 0 Å². The maximum Gasteiger partial charge on any atom is 0.220 e. The van der Waals surface area contributed by atoms with Crippen LogP contribution in [0.4, 0.5) is 0 Å². The van der Waals surface area contributed by atoms with Gasteiger partial charge in [0.25, 0.3) is 0 Å². The van der Waals surface area contributed by atoms with Gasteiger partial charge < -0.3 is 11.1 Å². The first-order chi connectivity index (χ1) is 8.46. The summed E-state index contributed by atoms with van der Waals surface area (Å²) in [6.45, 7) is 4.75. The third-order valence-electron chi connectivity index (χ3n) is 4.94. The molecule has 0 saturated heterocycles. The van der Waals surface area contributed by atoms with Crippen molar-refractivity contribution in [3.8, 4) is 0 Å². The van der Waals surface area contributed by atoms with Gasteiger partial charge in [0.2, 0.25) is 5.91 Å². The largest absolute Gasteiger partial charge is 0.369 e. The molecule has 2 fully saturated rings. The fourth-order valence-corrected chi connectivity index (χ4v) is 3.44. The number of amides is 1. The summed E-state index contributed by atoms with van der Waals surface area (Å²) in [6, 6.07) is 1.32. The zero-order valence-corrected chi connectivity index (χ0v) is 11.9. The summed E-state index contributed by atoms with van der Waals surface area (Å²) in [5, 5.41) is 3.80. The molecule has 18 heavy (non-hydrogen) atoms. The molecule has 3 N–H and O–H groups in total. The molecule has 1 amide bonds. The summed E-state index contributed by atoms with van der Waals surface area (Å²) in [5.41, 5.74) is 5.91. The number of rotatable bonds is 3. The second-order valence-corrected chi connectivity index (χ2v) is 7.06. The fraction of sp³-hybridized carbons (Fsp3) is 0.933. The molecule has 0 aromatic heterocycles. The SMILES string of the molecule is CC1(C)CCC(NC2CCC(C(N)=O)CC2)CC1. The zero-order chi connectivity index (χ0) is 13.2. The molecular weight excluding hydrogens is 224 g/mol. The van der Waals surface area contributed by atoms with Crippen LogP contribution in [0.2, 0.25) is 0 Å². The van der Waals surface area contributed by atoms with E-state index in [2.05, 4.69) is 19.2 Å². The normalized spacial score (nSPS) is 33.2. The number of nitrogens with one attached hydrogen (secondary N) is 1. The molecule has 3 nitrogen and oxygen atoms in total. The van der Waals surface area contributed by atoms with Gasteiger partial charge in [-0.05, 0) is 56.8 Å². The number of hydrogen-bond donors (Lipinski definition) is 2. The second kappa shape index (κ2) is 5.60. The third kappa shape index (κ3) is 3.71. The van der Waals surface area contributed by atoms with Crippen LogP contribution in [0.3, 0.4) is 0 Å². The Labute approximate surface area is 111 Å². The smallest absolute Gasteiger partial charge is 0.220 e. The van der Waals surface area contributed by atoms with Crippen LogP contribution in [0, 0.1) is 11.3 Å². The van der Waals surface area contributed by atoms with Crippen molar-refractivity contribution in [2.24, 2.45) is 17.1 Å². The maximum atomic E-state index is 11.1. The molecule has 2 rings (SSSR count). The van der Waals surface area contributed by atoms with Gasteiger partial charge in [0.15, 0.2) is 0 Å². The third-order valence-corrected chi connectivity index (χ3v) is 4.94. The van der Waals surface area contributed by atoms with Crippen molar-refractivity contribution in [1.29, 1.82) is 0 Å². The lowest BCUT2D eigenvalue weighted by molar-refractivity contribution is -0.122.